The lowest BCUT2D eigenvalue weighted by atomic mass is 10.0. The van der Waals surface area contributed by atoms with Crippen molar-refractivity contribution in [1.29, 1.82) is 0 Å². The highest BCUT2D eigenvalue weighted by molar-refractivity contribution is 5.80. The topological polar surface area (TPSA) is 84.6 Å². The maximum absolute atomic E-state index is 11.7. The number of rotatable bonds is 5. The molecule has 0 radical (unpaired) electrons. The van der Waals surface area contributed by atoms with Gasteiger partial charge in [-0.05, 0) is 12.8 Å². The number of nitrogens with two attached hydrogens (primary N) is 1. The summed E-state index contributed by atoms with van der Waals surface area (Å²) in [6.45, 7) is 2.93. The van der Waals surface area contributed by atoms with E-state index >= 15 is 0 Å². The minimum absolute atomic E-state index is 0.0373. The molecule has 0 aromatic rings. The van der Waals surface area contributed by atoms with Gasteiger partial charge in [0, 0.05) is 18.7 Å². The summed E-state index contributed by atoms with van der Waals surface area (Å²) >= 11 is 0. The number of ether oxygens (including phenoxy) is 1. The molecule has 1 aliphatic rings. The summed E-state index contributed by atoms with van der Waals surface area (Å²) in [5.41, 5.74) is 5.74. The molecule has 88 valence electrons. The van der Waals surface area contributed by atoms with Crippen LogP contribution >= 0.6 is 0 Å². The highest BCUT2D eigenvalue weighted by Gasteiger charge is 2.31. The van der Waals surface area contributed by atoms with E-state index in [0.717, 1.165) is 6.42 Å². The van der Waals surface area contributed by atoms with E-state index in [-0.39, 0.29) is 30.5 Å². The molecule has 0 saturated carbocycles. The Morgan fingerprint density at radius 1 is 1.67 bits per heavy atom. The van der Waals surface area contributed by atoms with Crippen molar-refractivity contribution < 1.29 is 14.6 Å². The Morgan fingerprint density at radius 3 is 2.87 bits per heavy atom. The number of hydrogen-bond donors (Lipinski definition) is 3. The van der Waals surface area contributed by atoms with Crippen molar-refractivity contribution in [3.05, 3.63) is 0 Å². The van der Waals surface area contributed by atoms with Crippen LogP contribution < -0.4 is 11.1 Å². The summed E-state index contributed by atoms with van der Waals surface area (Å²) in [4.78, 5) is 11.7. The second-order valence-corrected chi connectivity index (χ2v) is 3.93. The Balaban J connectivity index is 2.39. The van der Waals surface area contributed by atoms with E-state index < -0.39 is 0 Å². The highest BCUT2D eigenvalue weighted by Crippen LogP contribution is 2.12. The van der Waals surface area contributed by atoms with Crippen LogP contribution in [0.1, 0.15) is 19.8 Å². The fourth-order valence-corrected chi connectivity index (χ4v) is 1.68. The second kappa shape index (κ2) is 6.05. The predicted molar refractivity (Wildman–Crippen MR) is 56.2 cm³/mol. The molecule has 1 fully saturated rings. The minimum Gasteiger partial charge on any atom is -0.396 e. The van der Waals surface area contributed by atoms with Crippen LogP contribution in [0.3, 0.4) is 0 Å². The van der Waals surface area contributed by atoms with Gasteiger partial charge in [-0.3, -0.25) is 4.79 Å². The smallest absolute Gasteiger partial charge is 0.227 e. The minimum atomic E-state index is -0.238. The number of nitrogens with one attached hydrogen (secondary N) is 1. The first kappa shape index (κ1) is 12.4. The summed E-state index contributed by atoms with van der Waals surface area (Å²) in [6.07, 6.45) is 1.40. The highest BCUT2D eigenvalue weighted by atomic mass is 16.5. The molecule has 4 N–H and O–H groups in total. The zero-order chi connectivity index (χ0) is 11.3. The zero-order valence-corrected chi connectivity index (χ0v) is 9.11. The molecule has 1 heterocycles. The monoisotopic (exact) mass is 216 g/mol. The molecule has 0 bridgehead atoms. The molecule has 0 aromatic carbocycles. The van der Waals surface area contributed by atoms with Crippen molar-refractivity contribution in [1.82, 2.24) is 5.32 Å². The van der Waals surface area contributed by atoms with Gasteiger partial charge >= 0.3 is 0 Å². The maximum atomic E-state index is 11.7. The summed E-state index contributed by atoms with van der Waals surface area (Å²) in [6, 6.07) is -0.160. The molecule has 0 aliphatic carbocycles. The maximum Gasteiger partial charge on any atom is 0.227 e. The third-order valence-electron chi connectivity index (χ3n) is 2.78. The zero-order valence-electron chi connectivity index (χ0n) is 9.11. The van der Waals surface area contributed by atoms with Crippen LogP contribution in [-0.4, -0.2) is 42.9 Å². The van der Waals surface area contributed by atoms with Gasteiger partial charge in [0.05, 0.1) is 19.1 Å². The average molecular weight is 216 g/mol. The molecule has 1 saturated heterocycles. The lowest BCUT2D eigenvalue weighted by molar-refractivity contribution is -0.126. The molecular formula is C10H20N2O3. The molecule has 1 amide bonds. The van der Waals surface area contributed by atoms with Crippen LogP contribution in [0, 0.1) is 5.92 Å². The third-order valence-corrected chi connectivity index (χ3v) is 2.78. The van der Waals surface area contributed by atoms with Crippen molar-refractivity contribution in [2.24, 2.45) is 11.7 Å². The van der Waals surface area contributed by atoms with Gasteiger partial charge in [-0.1, -0.05) is 6.92 Å². The standard InChI is InChI=1S/C10H20N2O3/c1-2-7(3-4-13)12-10(14)8-5-15-6-9(8)11/h7-9,13H,2-6,11H2,1H3,(H,12,14). The van der Waals surface area contributed by atoms with Gasteiger partial charge in [-0.25, -0.2) is 0 Å². The average Bonchev–Trinajstić information content (AvgIpc) is 2.63. The number of carbonyl (C=O) groups is 1. The van der Waals surface area contributed by atoms with Crippen molar-refractivity contribution in [3.8, 4) is 0 Å². The van der Waals surface area contributed by atoms with Crippen LogP contribution in [0.25, 0.3) is 0 Å². The van der Waals surface area contributed by atoms with E-state index in [1.54, 1.807) is 0 Å². The fraction of sp³-hybridized carbons (Fsp3) is 0.900. The normalized spacial score (nSPS) is 27.7. The molecule has 5 heteroatoms. The van der Waals surface area contributed by atoms with E-state index in [1.165, 1.54) is 0 Å². The Labute approximate surface area is 90.0 Å². The quantitative estimate of drug-likeness (QED) is 0.564. The van der Waals surface area contributed by atoms with Gasteiger partial charge in [0.2, 0.25) is 5.91 Å². The van der Waals surface area contributed by atoms with E-state index in [1.807, 2.05) is 6.92 Å². The largest absolute Gasteiger partial charge is 0.396 e. The van der Waals surface area contributed by atoms with Crippen LogP contribution in [0.2, 0.25) is 0 Å². The van der Waals surface area contributed by atoms with Gasteiger partial charge in [-0.15, -0.1) is 0 Å². The molecule has 0 aromatic heterocycles. The number of aliphatic hydroxyl groups is 1. The predicted octanol–water partition coefficient (Wildman–Crippen LogP) is -0.763. The summed E-state index contributed by atoms with van der Waals surface area (Å²) in [5.74, 6) is -0.293. The van der Waals surface area contributed by atoms with E-state index in [9.17, 15) is 4.79 Å². The number of hydrogen-bond acceptors (Lipinski definition) is 4. The summed E-state index contributed by atoms with van der Waals surface area (Å²) in [5, 5.41) is 11.7. The lowest BCUT2D eigenvalue weighted by Crippen LogP contribution is -2.45. The second-order valence-electron chi connectivity index (χ2n) is 3.93. The fourth-order valence-electron chi connectivity index (χ4n) is 1.68. The van der Waals surface area contributed by atoms with E-state index in [4.69, 9.17) is 15.6 Å². The first-order valence-corrected chi connectivity index (χ1v) is 5.43. The molecule has 1 aliphatic heterocycles. The van der Waals surface area contributed by atoms with Crippen LogP contribution in [0.5, 0.6) is 0 Å². The SMILES string of the molecule is CCC(CCO)NC(=O)C1COCC1N. The Morgan fingerprint density at radius 2 is 2.40 bits per heavy atom. The van der Waals surface area contributed by atoms with Crippen molar-refractivity contribution in [3.63, 3.8) is 0 Å². The first-order chi connectivity index (χ1) is 7.19. The Bertz CT molecular complexity index is 211. The molecular weight excluding hydrogens is 196 g/mol. The van der Waals surface area contributed by atoms with E-state index in [0.29, 0.717) is 19.6 Å². The number of amides is 1. The van der Waals surface area contributed by atoms with Gasteiger partial charge in [-0.2, -0.15) is 0 Å². The van der Waals surface area contributed by atoms with Gasteiger partial charge < -0.3 is 20.9 Å². The Hall–Kier alpha value is -0.650. The molecule has 5 nitrogen and oxygen atoms in total. The molecule has 3 unspecified atom stereocenters. The molecule has 0 spiro atoms. The van der Waals surface area contributed by atoms with Crippen molar-refractivity contribution in [2.45, 2.75) is 31.8 Å². The van der Waals surface area contributed by atoms with Gasteiger partial charge in [0.1, 0.15) is 0 Å². The van der Waals surface area contributed by atoms with Gasteiger partial charge in [0.25, 0.3) is 0 Å². The van der Waals surface area contributed by atoms with Crippen molar-refractivity contribution in [2.75, 3.05) is 19.8 Å². The third kappa shape index (κ3) is 3.44. The van der Waals surface area contributed by atoms with Crippen LogP contribution in [0.15, 0.2) is 0 Å². The molecule has 1 rings (SSSR count). The summed E-state index contributed by atoms with van der Waals surface area (Å²) < 4.78 is 5.13. The van der Waals surface area contributed by atoms with Crippen molar-refractivity contribution >= 4 is 5.91 Å². The molecule has 15 heavy (non-hydrogen) atoms. The number of aliphatic hydroxyl groups excluding tert-OH is 1. The lowest BCUT2D eigenvalue weighted by Gasteiger charge is -2.19. The molecule has 3 atom stereocenters. The van der Waals surface area contributed by atoms with Crippen LogP contribution in [0.4, 0.5) is 0 Å². The van der Waals surface area contributed by atoms with Gasteiger partial charge in [0.15, 0.2) is 0 Å². The number of carbonyl (C=O) groups excluding carboxylic acids is 1. The van der Waals surface area contributed by atoms with E-state index in [2.05, 4.69) is 5.32 Å². The Kier molecular flexibility index (Phi) is 5.01. The van der Waals surface area contributed by atoms with Crippen LogP contribution in [-0.2, 0) is 9.53 Å². The first-order valence-electron chi connectivity index (χ1n) is 5.43. The summed E-state index contributed by atoms with van der Waals surface area (Å²) in [7, 11) is 0.